The Labute approximate surface area is 121 Å². The van der Waals surface area contributed by atoms with Crippen molar-refractivity contribution < 1.29 is 9.53 Å². The summed E-state index contributed by atoms with van der Waals surface area (Å²) in [6.45, 7) is 6.32. The third-order valence-electron chi connectivity index (χ3n) is 3.16. The molecule has 20 heavy (non-hydrogen) atoms. The summed E-state index contributed by atoms with van der Waals surface area (Å²) in [7, 11) is 3.68. The highest BCUT2D eigenvalue weighted by Crippen LogP contribution is 2.16. The third kappa shape index (κ3) is 6.04. The second-order valence-corrected chi connectivity index (χ2v) is 5.03. The lowest BCUT2D eigenvalue weighted by atomic mass is 10.3. The fourth-order valence-electron chi connectivity index (χ4n) is 1.62. The number of hydrogen-bond acceptors (Lipinski definition) is 4. The molecule has 5 nitrogen and oxygen atoms in total. The number of anilines is 1. The van der Waals surface area contributed by atoms with Gasteiger partial charge in [-0.2, -0.15) is 0 Å². The van der Waals surface area contributed by atoms with Crippen LogP contribution < -0.4 is 15.4 Å². The van der Waals surface area contributed by atoms with E-state index in [1.807, 2.05) is 18.2 Å². The number of methoxy groups -OCH3 is 1. The second kappa shape index (κ2) is 8.55. The highest BCUT2D eigenvalue weighted by atomic mass is 16.5. The molecule has 0 aromatic heterocycles. The maximum absolute atomic E-state index is 11.8. The van der Waals surface area contributed by atoms with Crippen LogP contribution in [0, 0.1) is 0 Å². The zero-order valence-corrected chi connectivity index (χ0v) is 12.8. The van der Waals surface area contributed by atoms with Crippen molar-refractivity contribution in [1.29, 1.82) is 0 Å². The van der Waals surface area contributed by atoms with E-state index in [4.69, 9.17) is 4.74 Å². The number of nitrogens with zero attached hydrogens (tertiary/aromatic N) is 1. The lowest BCUT2D eigenvalue weighted by Crippen LogP contribution is -2.36. The number of rotatable bonds is 8. The highest BCUT2D eigenvalue weighted by molar-refractivity contribution is 5.92. The molecular formula is C15H25N3O2. The van der Waals surface area contributed by atoms with Gasteiger partial charge in [-0.25, -0.2) is 0 Å². The normalized spacial score (nSPS) is 10.9. The van der Waals surface area contributed by atoms with Crippen LogP contribution in [0.5, 0.6) is 5.75 Å². The van der Waals surface area contributed by atoms with Gasteiger partial charge in [0, 0.05) is 30.9 Å². The molecule has 1 aromatic carbocycles. The average molecular weight is 279 g/mol. The van der Waals surface area contributed by atoms with Gasteiger partial charge in [-0.3, -0.25) is 4.79 Å². The fourth-order valence-corrected chi connectivity index (χ4v) is 1.62. The smallest absolute Gasteiger partial charge is 0.238 e. The van der Waals surface area contributed by atoms with Gasteiger partial charge in [0.05, 0.1) is 13.7 Å². The SMILES string of the molecule is COc1cccc(NC(=O)CNCCN(C)C(C)C)c1. The van der Waals surface area contributed by atoms with Gasteiger partial charge in [-0.05, 0) is 33.0 Å². The van der Waals surface area contributed by atoms with Gasteiger partial charge in [0.2, 0.25) is 5.91 Å². The minimum atomic E-state index is -0.0505. The number of carbonyl (C=O) groups is 1. The fraction of sp³-hybridized carbons (Fsp3) is 0.533. The van der Waals surface area contributed by atoms with Crippen LogP contribution in [0.15, 0.2) is 24.3 Å². The van der Waals surface area contributed by atoms with Crippen LogP contribution in [0.1, 0.15) is 13.8 Å². The van der Waals surface area contributed by atoms with Gasteiger partial charge in [0.1, 0.15) is 5.75 Å². The quantitative estimate of drug-likeness (QED) is 0.709. The Bertz CT molecular complexity index is 421. The minimum absolute atomic E-state index is 0.0505. The van der Waals surface area contributed by atoms with Gasteiger partial charge >= 0.3 is 0 Å². The Hall–Kier alpha value is -1.59. The third-order valence-corrected chi connectivity index (χ3v) is 3.16. The minimum Gasteiger partial charge on any atom is -0.497 e. The molecule has 5 heteroatoms. The topological polar surface area (TPSA) is 53.6 Å². The lowest BCUT2D eigenvalue weighted by Gasteiger charge is -2.20. The molecule has 1 aromatic rings. The average Bonchev–Trinajstić information content (AvgIpc) is 2.43. The van der Waals surface area contributed by atoms with Crippen molar-refractivity contribution >= 4 is 11.6 Å². The van der Waals surface area contributed by atoms with Crippen molar-refractivity contribution in [1.82, 2.24) is 10.2 Å². The summed E-state index contributed by atoms with van der Waals surface area (Å²) in [5.74, 6) is 0.680. The number of benzene rings is 1. The molecule has 0 saturated heterocycles. The van der Waals surface area contributed by atoms with Gasteiger partial charge in [-0.1, -0.05) is 6.07 Å². The summed E-state index contributed by atoms with van der Waals surface area (Å²) in [4.78, 5) is 14.0. The van der Waals surface area contributed by atoms with Crippen molar-refractivity contribution in [2.75, 3.05) is 39.1 Å². The van der Waals surface area contributed by atoms with Crippen molar-refractivity contribution in [2.24, 2.45) is 0 Å². The first-order chi connectivity index (χ1) is 9.52. The first-order valence-corrected chi connectivity index (χ1v) is 6.87. The van der Waals surface area contributed by atoms with Crippen LogP contribution in [0.2, 0.25) is 0 Å². The summed E-state index contributed by atoms with van der Waals surface area (Å²) in [5, 5.41) is 5.97. The van der Waals surface area contributed by atoms with E-state index in [2.05, 4.69) is 36.4 Å². The van der Waals surface area contributed by atoms with Crippen LogP contribution in [0.25, 0.3) is 0 Å². The van der Waals surface area contributed by atoms with E-state index in [0.29, 0.717) is 12.6 Å². The molecular weight excluding hydrogens is 254 g/mol. The largest absolute Gasteiger partial charge is 0.497 e. The summed E-state index contributed by atoms with van der Waals surface area (Å²) in [5.41, 5.74) is 0.746. The Kier molecular flexibility index (Phi) is 7.04. The first kappa shape index (κ1) is 16.5. The summed E-state index contributed by atoms with van der Waals surface area (Å²) < 4.78 is 5.11. The summed E-state index contributed by atoms with van der Waals surface area (Å²) in [6.07, 6.45) is 0. The first-order valence-electron chi connectivity index (χ1n) is 6.87. The molecule has 0 aliphatic rings. The Morgan fingerprint density at radius 1 is 1.40 bits per heavy atom. The molecule has 0 heterocycles. The van der Waals surface area contributed by atoms with Crippen molar-refractivity contribution in [3.8, 4) is 5.75 Å². The van der Waals surface area contributed by atoms with Crippen LogP contribution in [0.3, 0.4) is 0 Å². The molecule has 0 radical (unpaired) electrons. The number of nitrogens with one attached hydrogen (secondary N) is 2. The van der Waals surface area contributed by atoms with Crippen molar-refractivity contribution in [3.05, 3.63) is 24.3 Å². The standard InChI is InChI=1S/C15H25N3O2/c1-12(2)18(3)9-8-16-11-15(19)17-13-6-5-7-14(10-13)20-4/h5-7,10,12,16H,8-9,11H2,1-4H3,(H,17,19). The number of carbonyl (C=O) groups excluding carboxylic acids is 1. The van der Waals surface area contributed by atoms with E-state index >= 15 is 0 Å². The second-order valence-electron chi connectivity index (χ2n) is 5.03. The molecule has 0 spiro atoms. The molecule has 0 aliphatic carbocycles. The molecule has 0 saturated carbocycles. The summed E-state index contributed by atoms with van der Waals surface area (Å²) >= 11 is 0. The predicted octanol–water partition coefficient (Wildman–Crippen LogP) is 1.56. The molecule has 2 N–H and O–H groups in total. The number of hydrogen-bond donors (Lipinski definition) is 2. The van der Waals surface area contributed by atoms with Crippen LogP contribution in [0.4, 0.5) is 5.69 Å². The van der Waals surface area contributed by atoms with Gasteiger partial charge in [-0.15, -0.1) is 0 Å². The van der Waals surface area contributed by atoms with Gasteiger partial charge in [0.15, 0.2) is 0 Å². The van der Waals surface area contributed by atoms with Crippen LogP contribution >= 0.6 is 0 Å². The van der Waals surface area contributed by atoms with E-state index in [1.54, 1.807) is 13.2 Å². The molecule has 112 valence electrons. The molecule has 1 amide bonds. The van der Waals surface area contributed by atoms with E-state index < -0.39 is 0 Å². The van der Waals surface area contributed by atoms with E-state index in [9.17, 15) is 4.79 Å². The number of amides is 1. The Morgan fingerprint density at radius 3 is 2.80 bits per heavy atom. The molecule has 0 fully saturated rings. The molecule has 0 atom stereocenters. The maximum Gasteiger partial charge on any atom is 0.238 e. The van der Waals surface area contributed by atoms with Crippen LogP contribution in [-0.2, 0) is 4.79 Å². The maximum atomic E-state index is 11.8. The zero-order valence-electron chi connectivity index (χ0n) is 12.8. The highest BCUT2D eigenvalue weighted by Gasteiger charge is 2.04. The summed E-state index contributed by atoms with van der Waals surface area (Å²) in [6, 6.07) is 7.84. The monoisotopic (exact) mass is 279 g/mol. The van der Waals surface area contributed by atoms with E-state index in [1.165, 1.54) is 0 Å². The molecule has 1 rings (SSSR count). The molecule has 0 unspecified atom stereocenters. The molecule has 0 aliphatic heterocycles. The number of likely N-dealkylation sites (N-methyl/N-ethyl adjacent to an activating group) is 1. The van der Waals surface area contributed by atoms with Gasteiger partial charge < -0.3 is 20.3 Å². The van der Waals surface area contributed by atoms with E-state index in [0.717, 1.165) is 24.5 Å². The predicted molar refractivity (Wildman–Crippen MR) is 82.3 cm³/mol. The lowest BCUT2D eigenvalue weighted by molar-refractivity contribution is -0.115. The van der Waals surface area contributed by atoms with Crippen LogP contribution in [-0.4, -0.2) is 50.6 Å². The van der Waals surface area contributed by atoms with Crippen molar-refractivity contribution in [3.63, 3.8) is 0 Å². The Morgan fingerprint density at radius 2 is 2.15 bits per heavy atom. The van der Waals surface area contributed by atoms with Gasteiger partial charge in [0.25, 0.3) is 0 Å². The Balaban J connectivity index is 2.26. The van der Waals surface area contributed by atoms with Crippen molar-refractivity contribution in [2.45, 2.75) is 19.9 Å². The molecule has 0 bridgehead atoms. The number of ether oxygens (including phenoxy) is 1. The zero-order chi connectivity index (χ0) is 15.0. The van der Waals surface area contributed by atoms with E-state index in [-0.39, 0.29) is 5.91 Å².